The van der Waals surface area contributed by atoms with Crippen molar-refractivity contribution in [2.24, 2.45) is 0 Å². The van der Waals surface area contributed by atoms with Crippen LogP contribution in [0.25, 0.3) is 0 Å². The molecule has 0 bridgehead atoms. The average molecular weight is 259 g/mol. The molecule has 0 aromatic heterocycles. The van der Waals surface area contributed by atoms with Crippen molar-refractivity contribution in [3.05, 3.63) is 23.3 Å². The van der Waals surface area contributed by atoms with Crippen LogP contribution in [-0.2, 0) is 0 Å². The number of nitrogens with two attached hydrogens (primary N) is 1. The first kappa shape index (κ1) is 13.9. The summed E-state index contributed by atoms with van der Waals surface area (Å²) in [6.07, 6.45) is 0. The molecule has 0 saturated carbocycles. The van der Waals surface area contributed by atoms with E-state index in [2.05, 4.69) is 19.2 Å². The molecule has 0 spiro atoms. The van der Waals surface area contributed by atoms with E-state index < -0.39 is 0 Å². The van der Waals surface area contributed by atoms with Crippen LogP contribution in [0.5, 0.6) is 0 Å². The molecule has 19 heavy (non-hydrogen) atoms. The van der Waals surface area contributed by atoms with Gasteiger partial charge in [-0.05, 0) is 32.4 Å². The van der Waals surface area contributed by atoms with Crippen molar-refractivity contribution in [1.29, 1.82) is 0 Å². The lowest BCUT2D eigenvalue weighted by atomic mass is 9.90. The SMILES string of the molecule is Bc1cc(N)c(C)c(C(=O)N2C[C@@H](C)N[C@@H](C)C2)c1. The van der Waals surface area contributed by atoms with E-state index in [4.69, 9.17) is 5.73 Å². The number of benzene rings is 1. The topological polar surface area (TPSA) is 58.4 Å². The van der Waals surface area contributed by atoms with Gasteiger partial charge in [0, 0.05) is 36.4 Å². The lowest BCUT2D eigenvalue weighted by Gasteiger charge is -2.36. The second-order valence-corrected chi connectivity index (χ2v) is 5.71. The number of carbonyl (C=O) groups excluding carboxylic acids is 1. The third-order valence-electron chi connectivity index (χ3n) is 3.67. The summed E-state index contributed by atoms with van der Waals surface area (Å²) in [5.41, 5.74) is 9.30. The molecule has 2 rings (SSSR count). The minimum atomic E-state index is 0.0908. The Balaban J connectivity index is 2.29. The van der Waals surface area contributed by atoms with Gasteiger partial charge in [0.05, 0.1) is 0 Å². The monoisotopic (exact) mass is 259 g/mol. The summed E-state index contributed by atoms with van der Waals surface area (Å²) >= 11 is 0. The molecule has 1 amide bonds. The highest BCUT2D eigenvalue weighted by molar-refractivity contribution is 6.33. The van der Waals surface area contributed by atoms with Crippen molar-refractivity contribution in [3.63, 3.8) is 0 Å². The maximum absolute atomic E-state index is 12.7. The Labute approximate surface area is 115 Å². The van der Waals surface area contributed by atoms with Gasteiger partial charge in [0.25, 0.3) is 5.91 Å². The number of carbonyl (C=O) groups is 1. The second-order valence-electron chi connectivity index (χ2n) is 5.71. The molecule has 0 radical (unpaired) electrons. The van der Waals surface area contributed by atoms with E-state index >= 15 is 0 Å². The van der Waals surface area contributed by atoms with Crippen LogP contribution in [0.4, 0.5) is 5.69 Å². The molecule has 0 unspecified atom stereocenters. The predicted octanol–water partition coefficient (Wildman–Crippen LogP) is -0.342. The summed E-state index contributed by atoms with van der Waals surface area (Å²) in [6, 6.07) is 4.51. The summed E-state index contributed by atoms with van der Waals surface area (Å²) in [5.74, 6) is 0.0908. The first-order chi connectivity index (χ1) is 8.88. The highest BCUT2D eigenvalue weighted by Crippen LogP contribution is 2.17. The first-order valence-electron chi connectivity index (χ1n) is 6.80. The van der Waals surface area contributed by atoms with E-state index in [0.29, 0.717) is 17.8 Å². The molecule has 1 fully saturated rings. The van der Waals surface area contributed by atoms with Crippen molar-refractivity contribution >= 4 is 24.9 Å². The fraction of sp³-hybridized carbons (Fsp3) is 0.500. The zero-order valence-corrected chi connectivity index (χ0v) is 12.2. The van der Waals surface area contributed by atoms with Crippen molar-refractivity contribution < 1.29 is 4.79 Å². The van der Waals surface area contributed by atoms with E-state index in [1.165, 1.54) is 0 Å². The Morgan fingerprint density at radius 1 is 1.37 bits per heavy atom. The van der Waals surface area contributed by atoms with E-state index in [1.54, 1.807) is 0 Å². The summed E-state index contributed by atoms with van der Waals surface area (Å²) in [4.78, 5) is 14.6. The quantitative estimate of drug-likeness (QED) is 0.536. The predicted molar refractivity (Wildman–Crippen MR) is 81.7 cm³/mol. The molecule has 0 aliphatic carbocycles. The van der Waals surface area contributed by atoms with Gasteiger partial charge >= 0.3 is 0 Å². The Morgan fingerprint density at radius 3 is 2.53 bits per heavy atom. The summed E-state index contributed by atoms with van der Waals surface area (Å²) in [5, 5.41) is 3.43. The molecule has 3 N–H and O–H groups in total. The van der Waals surface area contributed by atoms with E-state index in [0.717, 1.165) is 29.7 Å². The van der Waals surface area contributed by atoms with E-state index in [1.807, 2.05) is 31.8 Å². The fourth-order valence-electron chi connectivity index (χ4n) is 2.77. The van der Waals surface area contributed by atoms with Crippen LogP contribution in [0.2, 0.25) is 0 Å². The normalized spacial score (nSPS) is 23.4. The highest BCUT2D eigenvalue weighted by Gasteiger charge is 2.26. The Kier molecular flexibility index (Phi) is 3.85. The number of nitrogens with zero attached hydrogens (tertiary/aromatic N) is 1. The molecule has 1 aromatic rings. The molecule has 1 aromatic carbocycles. The number of amides is 1. The number of nitrogen functional groups attached to an aromatic ring is 1. The van der Waals surface area contributed by atoms with Crippen LogP contribution < -0.4 is 16.5 Å². The number of anilines is 1. The van der Waals surface area contributed by atoms with Crippen molar-refractivity contribution in [2.75, 3.05) is 18.8 Å². The third kappa shape index (κ3) is 2.92. The minimum absolute atomic E-state index is 0.0908. The van der Waals surface area contributed by atoms with Crippen LogP contribution in [-0.4, -0.2) is 43.8 Å². The molecule has 1 aliphatic heterocycles. The number of hydrogen-bond acceptors (Lipinski definition) is 3. The third-order valence-corrected chi connectivity index (χ3v) is 3.67. The van der Waals surface area contributed by atoms with Gasteiger partial charge in [0.15, 0.2) is 0 Å². The molecule has 5 heteroatoms. The van der Waals surface area contributed by atoms with Gasteiger partial charge in [-0.3, -0.25) is 4.79 Å². The smallest absolute Gasteiger partial charge is 0.254 e. The van der Waals surface area contributed by atoms with E-state index in [-0.39, 0.29) is 5.91 Å². The molecule has 102 valence electrons. The summed E-state index contributed by atoms with van der Waals surface area (Å²) in [6.45, 7) is 7.62. The standard InChI is InChI=1S/C14H22BN3O/c1-8-6-18(7-9(2)17-8)14(19)12-4-11(15)5-13(16)10(12)3/h4-5,8-9,17H,6-7,15-16H2,1-3H3/t8-,9+. The fourth-order valence-corrected chi connectivity index (χ4v) is 2.77. The van der Waals surface area contributed by atoms with Crippen molar-refractivity contribution in [2.45, 2.75) is 32.9 Å². The van der Waals surface area contributed by atoms with Crippen LogP contribution in [0, 0.1) is 6.92 Å². The first-order valence-corrected chi connectivity index (χ1v) is 6.80. The number of piperazine rings is 1. The highest BCUT2D eigenvalue weighted by atomic mass is 16.2. The minimum Gasteiger partial charge on any atom is -0.399 e. The van der Waals surface area contributed by atoms with Crippen LogP contribution >= 0.6 is 0 Å². The average Bonchev–Trinajstić information content (AvgIpc) is 2.31. The Hall–Kier alpha value is -1.49. The lowest BCUT2D eigenvalue weighted by molar-refractivity contribution is 0.0673. The zero-order valence-electron chi connectivity index (χ0n) is 12.2. The molecule has 1 saturated heterocycles. The van der Waals surface area contributed by atoms with Gasteiger partial charge < -0.3 is 16.0 Å². The van der Waals surface area contributed by atoms with Gasteiger partial charge in [0.1, 0.15) is 7.85 Å². The summed E-state index contributed by atoms with van der Waals surface area (Å²) in [7, 11) is 1.97. The van der Waals surface area contributed by atoms with Crippen LogP contribution in [0.1, 0.15) is 29.8 Å². The summed E-state index contributed by atoms with van der Waals surface area (Å²) < 4.78 is 0. The maximum Gasteiger partial charge on any atom is 0.254 e. The lowest BCUT2D eigenvalue weighted by Crippen LogP contribution is -2.56. The maximum atomic E-state index is 12.7. The van der Waals surface area contributed by atoms with Crippen molar-refractivity contribution in [1.82, 2.24) is 10.2 Å². The Morgan fingerprint density at radius 2 is 1.95 bits per heavy atom. The van der Waals surface area contributed by atoms with Gasteiger partial charge in [-0.15, -0.1) is 0 Å². The molecular weight excluding hydrogens is 237 g/mol. The second kappa shape index (κ2) is 5.25. The van der Waals surface area contributed by atoms with Gasteiger partial charge in [0.2, 0.25) is 0 Å². The Bertz CT molecular complexity index is 494. The number of nitrogens with one attached hydrogen (secondary N) is 1. The molecule has 2 atom stereocenters. The van der Waals surface area contributed by atoms with Gasteiger partial charge in [-0.1, -0.05) is 11.5 Å². The van der Waals surface area contributed by atoms with Crippen LogP contribution in [0.15, 0.2) is 12.1 Å². The van der Waals surface area contributed by atoms with Gasteiger partial charge in [-0.25, -0.2) is 0 Å². The molecule has 4 nitrogen and oxygen atoms in total. The van der Waals surface area contributed by atoms with Crippen molar-refractivity contribution in [3.8, 4) is 0 Å². The largest absolute Gasteiger partial charge is 0.399 e. The van der Waals surface area contributed by atoms with Gasteiger partial charge in [-0.2, -0.15) is 0 Å². The molecular formula is C14H22BN3O. The van der Waals surface area contributed by atoms with Crippen LogP contribution in [0.3, 0.4) is 0 Å². The van der Waals surface area contributed by atoms with E-state index in [9.17, 15) is 4.79 Å². The molecule has 1 heterocycles. The number of hydrogen-bond donors (Lipinski definition) is 2. The number of rotatable bonds is 1. The zero-order chi connectivity index (χ0) is 14.2. The molecule has 1 aliphatic rings.